The molecule has 0 radical (unpaired) electrons. The molecule has 1 saturated carbocycles. The van der Waals surface area contributed by atoms with Gasteiger partial charge in [-0.2, -0.15) is 0 Å². The lowest BCUT2D eigenvalue weighted by atomic mass is 9.99. The lowest BCUT2D eigenvalue weighted by Gasteiger charge is -2.21. The van der Waals surface area contributed by atoms with E-state index < -0.39 is 5.79 Å². The molecule has 0 bridgehead atoms. The number of amides is 1. The fraction of sp³-hybridized carbons (Fsp3) is 0.588. The van der Waals surface area contributed by atoms with Crippen LogP contribution in [0.1, 0.15) is 38.5 Å². The summed E-state index contributed by atoms with van der Waals surface area (Å²) in [5.74, 6) is 1.18. The molecule has 0 atom stereocenters. The summed E-state index contributed by atoms with van der Waals surface area (Å²) in [4.78, 5) is 12.3. The summed E-state index contributed by atoms with van der Waals surface area (Å²) in [5, 5.41) is 2.99. The van der Waals surface area contributed by atoms with Crippen LogP contribution >= 0.6 is 0 Å². The van der Waals surface area contributed by atoms with Gasteiger partial charge in [0.25, 0.3) is 5.79 Å². The topological polar surface area (TPSA) is 56.8 Å². The van der Waals surface area contributed by atoms with E-state index in [2.05, 4.69) is 5.32 Å². The smallest absolute Gasteiger partial charge is 0.251 e. The van der Waals surface area contributed by atoms with E-state index in [1.807, 2.05) is 18.2 Å². The summed E-state index contributed by atoms with van der Waals surface area (Å²) in [6.45, 7) is 1.34. The molecule has 2 heterocycles. The summed E-state index contributed by atoms with van der Waals surface area (Å²) in [6.07, 6.45) is 5.73. The van der Waals surface area contributed by atoms with Crippen molar-refractivity contribution in [3.05, 3.63) is 18.2 Å². The zero-order valence-corrected chi connectivity index (χ0v) is 12.6. The van der Waals surface area contributed by atoms with Gasteiger partial charge in [-0.15, -0.1) is 0 Å². The van der Waals surface area contributed by atoms with Crippen molar-refractivity contribution >= 4 is 11.6 Å². The molecule has 1 aliphatic carbocycles. The molecule has 1 N–H and O–H groups in total. The van der Waals surface area contributed by atoms with Crippen molar-refractivity contribution in [3.8, 4) is 11.5 Å². The van der Waals surface area contributed by atoms with Gasteiger partial charge in [0.05, 0.1) is 0 Å². The number of rotatable bonds is 2. The molecule has 1 aromatic rings. The van der Waals surface area contributed by atoms with Crippen molar-refractivity contribution in [2.24, 2.45) is 5.92 Å². The predicted molar refractivity (Wildman–Crippen MR) is 81.1 cm³/mol. The Bertz CT molecular complexity index is 574. The van der Waals surface area contributed by atoms with Gasteiger partial charge in [-0.1, -0.05) is 0 Å². The molecule has 3 aliphatic rings. The molecule has 5 heteroatoms. The molecule has 118 valence electrons. The minimum absolute atomic E-state index is 0.0420. The first-order valence-corrected chi connectivity index (χ1v) is 8.15. The third kappa shape index (κ3) is 2.54. The summed E-state index contributed by atoms with van der Waals surface area (Å²) < 4.78 is 17.3. The molecule has 1 saturated heterocycles. The van der Waals surface area contributed by atoms with E-state index in [0.717, 1.165) is 55.7 Å². The van der Waals surface area contributed by atoms with Crippen LogP contribution in [0.2, 0.25) is 0 Å². The summed E-state index contributed by atoms with van der Waals surface area (Å²) in [6, 6.07) is 5.65. The monoisotopic (exact) mass is 303 g/mol. The lowest BCUT2D eigenvalue weighted by molar-refractivity contribution is -0.122. The van der Waals surface area contributed by atoms with Crippen LogP contribution in [-0.4, -0.2) is 24.9 Å². The maximum absolute atomic E-state index is 12.3. The lowest BCUT2D eigenvalue weighted by Crippen LogP contribution is -2.34. The number of hydrogen-bond donors (Lipinski definition) is 1. The average Bonchev–Trinajstić information content (AvgIpc) is 3.14. The Hall–Kier alpha value is -1.75. The van der Waals surface area contributed by atoms with E-state index in [0.29, 0.717) is 13.2 Å². The van der Waals surface area contributed by atoms with Crippen molar-refractivity contribution in [2.75, 3.05) is 18.5 Å². The molecule has 0 unspecified atom stereocenters. The van der Waals surface area contributed by atoms with Crippen LogP contribution in [0.3, 0.4) is 0 Å². The Morgan fingerprint density at radius 1 is 1.09 bits per heavy atom. The average molecular weight is 303 g/mol. The molecule has 5 nitrogen and oxygen atoms in total. The number of ether oxygens (including phenoxy) is 3. The van der Waals surface area contributed by atoms with Gasteiger partial charge in [0.1, 0.15) is 0 Å². The van der Waals surface area contributed by atoms with Gasteiger partial charge in [-0.05, 0) is 37.8 Å². The molecule has 0 aromatic heterocycles. The van der Waals surface area contributed by atoms with Crippen molar-refractivity contribution in [1.82, 2.24) is 0 Å². The number of benzene rings is 1. The van der Waals surface area contributed by atoms with E-state index in [1.165, 1.54) is 0 Å². The van der Waals surface area contributed by atoms with Gasteiger partial charge in [-0.3, -0.25) is 4.79 Å². The maximum Gasteiger partial charge on any atom is 0.251 e. The maximum atomic E-state index is 12.3. The second kappa shape index (κ2) is 5.47. The predicted octanol–water partition coefficient (Wildman–Crippen LogP) is 3.09. The van der Waals surface area contributed by atoms with E-state index in [1.54, 1.807) is 0 Å². The highest BCUT2D eigenvalue weighted by Crippen LogP contribution is 2.47. The van der Waals surface area contributed by atoms with Gasteiger partial charge >= 0.3 is 0 Å². The van der Waals surface area contributed by atoms with Crippen LogP contribution in [-0.2, 0) is 9.53 Å². The van der Waals surface area contributed by atoms with Crippen LogP contribution in [0.25, 0.3) is 0 Å². The number of carbonyl (C=O) groups is 1. The van der Waals surface area contributed by atoms with E-state index in [9.17, 15) is 4.79 Å². The minimum atomic E-state index is -0.453. The molecular formula is C17H21NO4. The third-order valence-electron chi connectivity index (χ3n) is 4.76. The Morgan fingerprint density at radius 2 is 1.82 bits per heavy atom. The molecule has 2 aliphatic heterocycles. The van der Waals surface area contributed by atoms with Crippen molar-refractivity contribution in [3.63, 3.8) is 0 Å². The SMILES string of the molecule is O=C(Nc1ccc2c(c1)OC1(CCCC1)O2)C1CCOCC1. The first-order valence-electron chi connectivity index (χ1n) is 8.15. The molecule has 4 rings (SSSR count). The highest BCUT2D eigenvalue weighted by atomic mass is 16.7. The van der Waals surface area contributed by atoms with Crippen molar-refractivity contribution in [1.29, 1.82) is 0 Å². The quantitative estimate of drug-likeness (QED) is 0.912. The molecule has 22 heavy (non-hydrogen) atoms. The highest BCUT2D eigenvalue weighted by molar-refractivity contribution is 5.93. The Labute approximate surface area is 129 Å². The van der Waals surface area contributed by atoms with Gasteiger partial charge in [0.2, 0.25) is 5.91 Å². The largest absolute Gasteiger partial charge is 0.448 e. The van der Waals surface area contributed by atoms with Crippen LogP contribution < -0.4 is 14.8 Å². The van der Waals surface area contributed by atoms with Gasteiger partial charge < -0.3 is 19.5 Å². The Morgan fingerprint density at radius 3 is 2.59 bits per heavy atom. The second-order valence-corrected chi connectivity index (χ2v) is 6.36. The third-order valence-corrected chi connectivity index (χ3v) is 4.76. The summed E-state index contributed by atoms with van der Waals surface area (Å²) >= 11 is 0. The second-order valence-electron chi connectivity index (χ2n) is 6.36. The molecule has 1 amide bonds. The first kappa shape index (κ1) is 13.9. The highest BCUT2D eigenvalue weighted by Gasteiger charge is 2.44. The zero-order chi connectivity index (χ0) is 15.0. The Balaban J connectivity index is 1.45. The summed E-state index contributed by atoms with van der Waals surface area (Å²) in [5.41, 5.74) is 0.772. The molecule has 1 aromatic carbocycles. The Kier molecular flexibility index (Phi) is 3.45. The normalized spacial score (nSPS) is 22.9. The fourth-order valence-electron chi connectivity index (χ4n) is 3.49. The van der Waals surface area contributed by atoms with E-state index in [-0.39, 0.29) is 11.8 Å². The van der Waals surface area contributed by atoms with E-state index >= 15 is 0 Å². The minimum Gasteiger partial charge on any atom is -0.448 e. The number of hydrogen-bond acceptors (Lipinski definition) is 4. The summed E-state index contributed by atoms with van der Waals surface area (Å²) in [7, 11) is 0. The van der Waals surface area contributed by atoms with Gasteiger partial charge in [0, 0.05) is 43.7 Å². The van der Waals surface area contributed by atoms with Gasteiger partial charge in [0.15, 0.2) is 11.5 Å². The van der Waals surface area contributed by atoms with Crippen LogP contribution in [0, 0.1) is 5.92 Å². The fourth-order valence-corrected chi connectivity index (χ4v) is 3.49. The zero-order valence-electron chi connectivity index (χ0n) is 12.6. The molecular weight excluding hydrogens is 282 g/mol. The molecule has 2 fully saturated rings. The standard InChI is InChI=1S/C17H21NO4/c19-16(12-5-9-20-10-6-12)18-13-3-4-14-15(11-13)22-17(21-14)7-1-2-8-17/h3-4,11-12H,1-2,5-10H2,(H,18,19). The van der Waals surface area contributed by atoms with Crippen LogP contribution in [0.4, 0.5) is 5.69 Å². The van der Waals surface area contributed by atoms with Crippen LogP contribution in [0.5, 0.6) is 11.5 Å². The number of anilines is 1. The molecule has 1 spiro atoms. The first-order chi connectivity index (χ1) is 10.7. The van der Waals surface area contributed by atoms with Crippen LogP contribution in [0.15, 0.2) is 18.2 Å². The van der Waals surface area contributed by atoms with Crippen molar-refractivity contribution < 1.29 is 19.0 Å². The van der Waals surface area contributed by atoms with Crippen molar-refractivity contribution in [2.45, 2.75) is 44.3 Å². The van der Waals surface area contributed by atoms with E-state index in [4.69, 9.17) is 14.2 Å². The van der Waals surface area contributed by atoms with Gasteiger partial charge in [-0.25, -0.2) is 0 Å². The number of fused-ring (bicyclic) bond motifs is 1. The number of nitrogens with one attached hydrogen (secondary N) is 1. The number of carbonyl (C=O) groups excluding carboxylic acids is 1.